The van der Waals surface area contributed by atoms with Gasteiger partial charge in [-0.25, -0.2) is 0 Å². The number of benzene rings is 2. The highest BCUT2D eigenvalue weighted by atomic mass is 16.5. The van der Waals surface area contributed by atoms with Crippen molar-refractivity contribution in [3.63, 3.8) is 0 Å². The molecular weight excluding hydrogens is 352 g/mol. The Labute approximate surface area is 165 Å². The summed E-state index contributed by atoms with van der Waals surface area (Å²) in [6.45, 7) is 6.04. The lowest BCUT2D eigenvalue weighted by Crippen LogP contribution is -2.36. The Morgan fingerprint density at radius 1 is 1.07 bits per heavy atom. The summed E-state index contributed by atoms with van der Waals surface area (Å²) < 4.78 is 11.3. The molecule has 0 saturated carbocycles. The second kappa shape index (κ2) is 7.97. The maximum atomic E-state index is 12.7. The van der Waals surface area contributed by atoms with Gasteiger partial charge < -0.3 is 19.4 Å². The van der Waals surface area contributed by atoms with Gasteiger partial charge in [0.15, 0.2) is 18.1 Å². The van der Waals surface area contributed by atoms with E-state index in [2.05, 4.69) is 30.1 Å². The number of nitrogens with one attached hydrogen (secondary N) is 1. The number of aromatic nitrogens is 1. The van der Waals surface area contributed by atoms with Crippen molar-refractivity contribution < 1.29 is 14.3 Å². The molecule has 0 unspecified atom stereocenters. The van der Waals surface area contributed by atoms with Gasteiger partial charge in [-0.1, -0.05) is 23.8 Å². The van der Waals surface area contributed by atoms with Crippen LogP contribution in [0.4, 0.5) is 0 Å². The average molecular weight is 378 g/mol. The molecule has 2 heterocycles. The number of ether oxygens (including phenoxy) is 2. The first kappa shape index (κ1) is 18.4. The van der Waals surface area contributed by atoms with E-state index in [9.17, 15) is 4.79 Å². The minimum atomic E-state index is 0.0111. The Morgan fingerprint density at radius 2 is 1.82 bits per heavy atom. The third-order valence-corrected chi connectivity index (χ3v) is 5.27. The number of carbonyl (C=O) groups is 1. The van der Waals surface area contributed by atoms with Crippen molar-refractivity contribution in [1.82, 2.24) is 9.88 Å². The summed E-state index contributed by atoms with van der Waals surface area (Å²) in [4.78, 5) is 18.2. The lowest BCUT2D eigenvalue weighted by molar-refractivity contribution is -0.133. The van der Waals surface area contributed by atoms with Crippen molar-refractivity contribution in [2.24, 2.45) is 0 Å². The SMILES string of the molecule is CCOc1ccccc1OCC(=O)N1CCc2[nH]c3ccc(C)cc3c2CC1. The molecule has 1 N–H and O–H groups in total. The lowest BCUT2D eigenvalue weighted by Gasteiger charge is -2.21. The van der Waals surface area contributed by atoms with E-state index in [4.69, 9.17) is 9.47 Å². The average Bonchev–Trinajstić information content (AvgIpc) is 2.90. The van der Waals surface area contributed by atoms with Gasteiger partial charge >= 0.3 is 0 Å². The molecule has 28 heavy (non-hydrogen) atoms. The highest BCUT2D eigenvalue weighted by molar-refractivity contribution is 5.86. The van der Waals surface area contributed by atoms with E-state index in [1.165, 1.54) is 27.7 Å². The number of carbonyl (C=O) groups excluding carboxylic acids is 1. The monoisotopic (exact) mass is 378 g/mol. The molecular formula is C23H26N2O3. The van der Waals surface area contributed by atoms with E-state index < -0.39 is 0 Å². The molecule has 4 rings (SSSR count). The Bertz CT molecular complexity index is 993. The van der Waals surface area contributed by atoms with Crippen molar-refractivity contribution in [2.75, 3.05) is 26.3 Å². The molecule has 0 saturated heterocycles. The van der Waals surface area contributed by atoms with E-state index in [1.807, 2.05) is 36.1 Å². The van der Waals surface area contributed by atoms with Crippen LogP contribution in [0.25, 0.3) is 10.9 Å². The standard InChI is InChI=1S/C23H26N2O3/c1-3-27-21-6-4-5-7-22(21)28-15-23(26)25-12-10-17-18-14-16(2)8-9-19(18)24-20(17)11-13-25/h4-9,14,24H,3,10-13,15H2,1-2H3. The van der Waals surface area contributed by atoms with E-state index in [1.54, 1.807) is 0 Å². The molecule has 0 bridgehead atoms. The van der Waals surface area contributed by atoms with Gasteiger partial charge in [-0.2, -0.15) is 0 Å². The molecule has 1 aliphatic heterocycles. The molecule has 0 spiro atoms. The van der Waals surface area contributed by atoms with E-state index >= 15 is 0 Å². The van der Waals surface area contributed by atoms with Crippen LogP contribution in [-0.4, -0.2) is 42.1 Å². The molecule has 2 aromatic carbocycles. The number of para-hydroxylation sites is 2. The quantitative estimate of drug-likeness (QED) is 0.733. The maximum absolute atomic E-state index is 12.7. The normalized spacial score (nSPS) is 13.9. The number of aryl methyl sites for hydroxylation is 1. The van der Waals surface area contributed by atoms with Gasteiger partial charge in [0.25, 0.3) is 5.91 Å². The van der Waals surface area contributed by atoms with Crippen molar-refractivity contribution in [2.45, 2.75) is 26.7 Å². The largest absolute Gasteiger partial charge is 0.490 e. The molecule has 146 valence electrons. The molecule has 5 nitrogen and oxygen atoms in total. The van der Waals surface area contributed by atoms with Crippen molar-refractivity contribution in [3.8, 4) is 11.5 Å². The summed E-state index contributed by atoms with van der Waals surface area (Å²) in [5, 5.41) is 1.28. The fourth-order valence-corrected chi connectivity index (χ4v) is 3.85. The molecule has 0 fully saturated rings. The van der Waals surface area contributed by atoms with Crippen LogP contribution in [-0.2, 0) is 17.6 Å². The van der Waals surface area contributed by atoms with Crippen LogP contribution in [0.1, 0.15) is 23.7 Å². The number of hydrogen-bond donors (Lipinski definition) is 1. The lowest BCUT2D eigenvalue weighted by atomic mass is 10.1. The predicted molar refractivity (Wildman–Crippen MR) is 110 cm³/mol. The number of H-pyrrole nitrogens is 1. The molecule has 1 amide bonds. The zero-order valence-electron chi connectivity index (χ0n) is 16.5. The second-order valence-electron chi connectivity index (χ2n) is 7.18. The Morgan fingerprint density at radius 3 is 2.61 bits per heavy atom. The van der Waals surface area contributed by atoms with Crippen LogP contribution in [0.2, 0.25) is 0 Å². The van der Waals surface area contributed by atoms with Gasteiger partial charge in [-0.3, -0.25) is 4.79 Å². The number of amides is 1. The zero-order valence-corrected chi connectivity index (χ0v) is 16.5. The van der Waals surface area contributed by atoms with Gasteiger partial charge in [0.1, 0.15) is 0 Å². The topological polar surface area (TPSA) is 54.6 Å². The third kappa shape index (κ3) is 3.70. The van der Waals surface area contributed by atoms with E-state index in [0.717, 1.165) is 12.8 Å². The first-order valence-corrected chi connectivity index (χ1v) is 9.88. The van der Waals surface area contributed by atoms with Crippen LogP contribution in [0.3, 0.4) is 0 Å². The minimum absolute atomic E-state index is 0.0111. The zero-order chi connectivity index (χ0) is 19.5. The van der Waals surface area contributed by atoms with Gasteiger partial charge in [0.05, 0.1) is 6.61 Å². The second-order valence-corrected chi connectivity index (χ2v) is 7.18. The Kier molecular flexibility index (Phi) is 5.24. The molecule has 3 aromatic rings. The van der Waals surface area contributed by atoms with Crippen LogP contribution >= 0.6 is 0 Å². The number of fused-ring (bicyclic) bond motifs is 3. The van der Waals surface area contributed by atoms with Crippen LogP contribution in [0.15, 0.2) is 42.5 Å². The summed E-state index contributed by atoms with van der Waals surface area (Å²) in [5.41, 5.74) is 5.04. The molecule has 1 aromatic heterocycles. The number of aromatic amines is 1. The molecule has 0 atom stereocenters. The van der Waals surface area contributed by atoms with Crippen molar-refractivity contribution in [3.05, 3.63) is 59.3 Å². The van der Waals surface area contributed by atoms with Crippen LogP contribution in [0, 0.1) is 6.92 Å². The number of rotatable bonds is 5. The third-order valence-electron chi connectivity index (χ3n) is 5.27. The molecule has 1 aliphatic rings. The number of nitrogens with zero attached hydrogens (tertiary/aromatic N) is 1. The molecule has 0 radical (unpaired) electrons. The first-order chi connectivity index (χ1) is 13.7. The first-order valence-electron chi connectivity index (χ1n) is 9.88. The van der Waals surface area contributed by atoms with Crippen LogP contribution in [0.5, 0.6) is 11.5 Å². The van der Waals surface area contributed by atoms with Gasteiger partial charge in [0, 0.05) is 36.1 Å². The maximum Gasteiger partial charge on any atom is 0.260 e. The van der Waals surface area contributed by atoms with E-state index in [-0.39, 0.29) is 12.5 Å². The Hall–Kier alpha value is -2.95. The summed E-state index contributed by atoms with van der Waals surface area (Å²) in [6, 6.07) is 14.0. The number of hydrogen-bond acceptors (Lipinski definition) is 3. The van der Waals surface area contributed by atoms with Crippen LogP contribution < -0.4 is 9.47 Å². The molecule has 5 heteroatoms. The molecule has 0 aliphatic carbocycles. The fraction of sp³-hybridized carbons (Fsp3) is 0.348. The summed E-state index contributed by atoms with van der Waals surface area (Å²) in [5.74, 6) is 1.29. The fourth-order valence-electron chi connectivity index (χ4n) is 3.85. The summed E-state index contributed by atoms with van der Waals surface area (Å²) in [7, 11) is 0. The smallest absolute Gasteiger partial charge is 0.260 e. The van der Waals surface area contributed by atoms with E-state index in [0.29, 0.717) is 31.2 Å². The minimum Gasteiger partial charge on any atom is -0.490 e. The van der Waals surface area contributed by atoms with Crippen molar-refractivity contribution in [1.29, 1.82) is 0 Å². The predicted octanol–water partition coefficient (Wildman–Crippen LogP) is 3.88. The van der Waals surface area contributed by atoms with Gasteiger partial charge in [0.2, 0.25) is 0 Å². The van der Waals surface area contributed by atoms with Crippen molar-refractivity contribution >= 4 is 16.8 Å². The summed E-state index contributed by atoms with van der Waals surface area (Å²) in [6.07, 6.45) is 1.70. The highest BCUT2D eigenvalue weighted by Crippen LogP contribution is 2.28. The highest BCUT2D eigenvalue weighted by Gasteiger charge is 2.22. The Balaban J connectivity index is 1.42. The summed E-state index contributed by atoms with van der Waals surface area (Å²) >= 11 is 0. The van der Waals surface area contributed by atoms with Gasteiger partial charge in [-0.15, -0.1) is 0 Å². The van der Waals surface area contributed by atoms with Gasteiger partial charge in [-0.05, 0) is 50.1 Å².